The van der Waals surface area contributed by atoms with E-state index in [4.69, 9.17) is 11.6 Å². The summed E-state index contributed by atoms with van der Waals surface area (Å²) in [6, 6.07) is 4.06. The number of piperazine rings is 1. The van der Waals surface area contributed by atoms with E-state index >= 15 is 0 Å². The zero-order valence-electron chi connectivity index (χ0n) is 10.3. The summed E-state index contributed by atoms with van der Waals surface area (Å²) in [6.07, 6.45) is 0. The summed E-state index contributed by atoms with van der Waals surface area (Å²) in [5, 5.41) is 2.95. The predicted molar refractivity (Wildman–Crippen MR) is 74.9 cm³/mol. The summed E-state index contributed by atoms with van der Waals surface area (Å²) in [7, 11) is -3.81. The van der Waals surface area contributed by atoms with Crippen molar-refractivity contribution in [2.24, 2.45) is 0 Å². The van der Waals surface area contributed by atoms with E-state index in [9.17, 15) is 12.8 Å². The van der Waals surface area contributed by atoms with Crippen LogP contribution in [0.4, 0.5) is 4.39 Å². The van der Waals surface area contributed by atoms with Gasteiger partial charge in [-0.1, -0.05) is 17.7 Å². The lowest BCUT2D eigenvalue weighted by atomic mass is 10.3. The van der Waals surface area contributed by atoms with Gasteiger partial charge in [-0.2, -0.15) is 4.31 Å². The smallest absolute Gasteiger partial charge is 0.246 e. The maximum absolute atomic E-state index is 13.8. The molecule has 1 aromatic carbocycles. The molecule has 0 aromatic heterocycles. The van der Waals surface area contributed by atoms with Gasteiger partial charge in [-0.25, -0.2) is 12.8 Å². The quantitative estimate of drug-likeness (QED) is 0.901. The summed E-state index contributed by atoms with van der Waals surface area (Å²) in [5.74, 6) is -0.884. The molecule has 0 spiro atoms. The van der Waals surface area contributed by atoms with Crippen molar-refractivity contribution in [1.82, 2.24) is 9.62 Å². The minimum atomic E-state index is -3.81. The lowest BCUT2D eigenvalue weighted by molar-refractivity contribution is 0.309. The molecule has 4 nitrogen and oxygen atoms in total. The number of benzene rings is 1. The third-order valence-corrected chi connectivity index (χ3v) is 5.04. The first-order valence-electron chi connectivity index (χ1n) is 5.60. The van der Waals surface area contributed by atoms with E-state index in [1.807, 2.05) is 6.92 Å². The highest BCUT2D eigenvalue weighted by atomic mass is 35.5. The van der Waals surface area contributed by atoms with Crippen molar-refractivity contribution in [3.63, 3.8) is 0 Å². The fraction of sp³-hybridized carbons (Fsp3) is 0.455. The molecule has 0 aliphatic carbocycles. The van der Waals surface area contributed by atoms with Crippen molar-refractivity contribution in [2.45, 2.75) is 17.9 Å². The summed E-state index contributed by atoms with van der Waals surface area (Å²) in [4.78, 5) is -0.357. The van der Waals surface area contributed by atoms with Crippen LogP contribution in [-0.2, 0) is 10.0 Å². The van der Waals surface area contributed by atoms with Crippen molar-refractivity contribution in [3.8, 4) is 0 Å². The van der Waals surface area contributed by atoms with Crippen molar-refractivity contribution in [2.75, 3.05) is 19.6 Å². The van der Waals surface area contributed by atoms with E-state index < -0.39 is 15.8 Å². The summed E-state index contributed by atoms with van der Waals surface area (Å²) >= 11 is 5.62. The van der Waals surface area contributed by atoms with Crippen LogP contribution in [0.2, 0.25) is 5.02 Å². The summed E-state index contributed by atoms with van der Waals surface area (Å²) in [5.41, 5.74) is 0. The fourth-order valence-corrected chi connectivity index (χ4v) is 3.78. The largest absolute Gasteiger partial charge is 0.312 e. The topological polar surface area (TPSA) is 49.4 Å². The number of nitrogens with zero attached hydrogens (tertiary/aromatic N) is 1. The Morgan fingerprint density at radius 1 is 1.47 bits per heavy atom. The molecule has 2 rings (SSSR count). The molecule has 1 N–H and O–H groups in total. The van der Waals surface area contributed by atoms with Crippen molar-refractivity contribution < 1.29 is 12.8 Å². The average Bonchev–Trinajstić information content (AvgIpc) is 2.32. The molecule has 1 fully saturated rings. The summed E-state index contributed by atoms with van der Waals surface area (Å²) in [6.45, 7) is 3.10. The van der Waals surface area contributed by atoms with Gasteiger partial charge in [0.1, 0.15) is 4.90 Å². The van der Waals surface area contributed by atoms with Gasteiger partial charge >= 0.3 is 0 Å². The normalized spacial score (nSPS) is 20.9. The number of sulfonamides is 1. The monoisotopic (exact) mass is 328 g/mol. The third-order valence-electron chi connectivity index (χ3n) is 2.87. The van der Waals surface area contributed by atoms with E-state index in [-0.39, 0.29) is 28.4 Å². The second-order valence-corrected chi connectivity index (χ2v) is 6.58. The molecule has 0 amide bonds. The van der Waals surface area contributed by atoms with Gasteiger partial charge in [-0.05, 0) is 19.1 Å². The minimum absolute atomic E-state index is 0. The summed E-state index contributed by atoms with van der Waals surface area (Å²) < 4.78 is 39.7. The molecule has 1 atom stereocenters. The maximum Gasteiger partial charge on any atom is 0.246 e. The molecule has 0 bridgehead atoms. The first kappa shape index (κ1) is 16.7. The van der Waals surface area contributed by atoms with Crippen LogP contribution in [0, 0.1) is 5.82 Å². The van der Waals surface area contributed by atoms with E-state index in [0.29, 0.717) is 19.6 Å². The lowest BCUT2D eigenvalue weighted by Crippen LogP contribution is -2.51. The Balaban J connectivity index is 0.00000180. The Labute approximate surface area is 123 Å². The lowest BCUT2D eigenvalue weighted by Gasteiger charge is -2.31. The van der Waals surface area contributed by atoms with Crippen LogP contribution in [0.3, 0.4) is 0 Å². The van der Waals surface area contributed by atoms with Gasteiger partial charge < -0.3 is 5.32 Å². The minimum Gasteiger partial charge on any atom is -0.312 e. The van der Waals surface area contributed by atoms with Crippen LogP contribution in [0.5, 0.6) is 0 Å². The van der Waals surface area contributed by atoms with Crippen LogP contribution in [0.1, 0.15) is 6.92 Å². The second kappa shape index (κ2) is 6.37. The van der Waals surface area contributed by atoms with Crippen LogP contribution >= 0.6 is 24.0 Å². The van der Waals surface area contributed by atoms with Gasteiger partial charge in [0.2, 0.25) is 10.0 Å². The average molecular weight is 329 g/mol. The SMILES string of the molecule is C[C@@H]1CN(S(=O)(=O)c2cccc(Cl)c2F)CCN1.Cl. The molecule has 0 unspecified atom stereocenters. The van der Waals surface area contributed by atoms with Crippen LogP contribution in [0.25, 0.3) is 0 Å². The highest BCUT2D eigenvalue weighted by Gasteiger charge is 2.31. The molecule has 19 heavy (non-hydrogen) atoms. The van der Waals surface area contributed by atoms with E-state index in [2.05, 4.69) is 5.32 Å². The number of hydrogen-bond donors (Lipinski definition) is 1. The van der Waals surface area contributed by atoms with Gasteiger partial charge in [0.25, 0.3) is 0 Å². The van der Waals surface area contributed by atoms with Crippen LogP contribution in [-0.4, -0.2) is 38.4 Å². The van der Waals surface area contributed by atoms with Crippen molar-refractivity contribution in [1.29, 1.82) is 0 Å². The molecule has 8 heteroatoms. The Bertz CT molecular complexity index is 554. The molecule has 1 aliphatic heterocycles. The number of hydrogen-bond acceptors (Lipinski definition) is 3. The van der Waals surface area contributed by atoms with Crippen molar-refractivity contribution in [3.05, 3.63) is 29.0 Å². The first-order valence-corrected chi connectivity index (χ1v) is 7.42. The molecule has 0 saturated carbocycles. The zero-order chi connectivity index (χ0) is 13.3. The number of nitrogens with one attached hydrogen (secondary N) is 1. The molecular formula is C11H15Cl2FN2O2S. The van der Waals surface area contributed by atoms with Crippen LogP contribution < -0.4 is 5.32 Å². The number of halogens is 3. The Hall–Kier alpha value is -0.400. The van der Waals surface area contributed by atoms with Gasteiger partial charge in [0.05, 0.1) is 5.02 Å². The Morgan fingerprint density at radius 3 is 2.79 bits per heavy atom. The van der Waals surface area contributed by atoms with E-state index in [1.165, 1.54) is 22.5 Å². The molecule has 1 heterocycles. The van der Waals surface area contributed by atoms with Gasteiger partial charge in [-0.3, -0.25) is 0 Å². The van der Waals surface area contributed by atoms with E-state index in [0.717, 1.165) is 0 Å². The predicted octanol–water partition coefficient (Wildman–Crippen LogP) is 1.88. The molecule has 1 aromatic rings. The zero-order valence-corrected chi connectivity index (χ0v) is 12.7. The molecular weight excluding hydrogens is 314 g/mol. The first-order chi connectivity index (χ1) is 8.43. The van der Waals surface area contributed by atoms with Crippen LogP contribution in [0.15, 0.2) is 23.1 Å². The second-order valence-electron chi connectivity index (χ2n) is 4.27. The van der Waals surface area contributed by atoms with Gasteiger partial charge in [0.15, 0.2) is 5.82 Å². The van der Waals surface area contributed by atoms with Gasteiger partial charge in [0, 0.05) is 25.7 Å². The highest BCUT2D eigenvalue weighted by molar-refractivity contribution is 7.89. The molecule has 1 saturated heterocycles. The molecule has 0 radical (unpaired) electrons. The van der Waals surface area contributed by atoms with Gasteiger partial charge in [-0.15, -0.1) is 12.4 Å². The molecule has 1 aliphatic rings. The Morgan fingerprint density at radius 2 is 2.16 bits per heavy atom. The highest BCUT2D eigenvalue weighted by Crippen LogP contribution is 2.25. The number of rotatable bonds is 2. The third kappa shape index (κ3) is 3.38. The fourth-order valence-electron chi connectivity index (χ4n) is 1.94. The maximum atomic E-state index is 13.8. The standard InChI is InChI=1S/C11H14ClFN2O2S.ClH/c1-8-7-15(6-5-14-8)18(16,17)10-4-2-3-9(12)11(10)13;/h2-4,8,14H,5-7H2,1H3;1H/t8-;/m1./s1. The van der Waals surface area contributed by atoms with Crippen molar-refractivity contribution >= 4 is 34.0 Å². The Kier molecular flexibility index (Phi) is 5.58. The van der Waals surface area contributed by atoms with E-state index in [1.54, 1.807) is 0 Å². The molecule has 108 valence electrons.